The van der Waals surface area contributed by atoms with Crippen LogP contribution in [0.4, 0.5) is 0 Å². The molecule has 0 radical (unpaired) electrons. The highest BCUT2D eigenvalue weighted by Gasteiger charge is 2.29. The quantitative estimate of drug-likeness (QED) is 0.476. The van der Waals surface area contributed by atoms with Crippen molar-refractivity contribution in [2.24, 2.45) is 5.92 Å². The largest absolute Gasteiger partial charge is 0.484 e. The molecule has 2 aromatic rings. The number of amides is 2. The highest BCUT2D eigenvalue weighted by molar-refractivity contribution is 6.35. The Hall–Kier alpha value is -1.95. The Kier molecular flexibility index (Phi) is 9.94. The zero-order valence-electron chi connectivity index (χ0n) is 17.8. The molecule has 0 heterocycles. The molecule has 1 N–H and O–H groups in total. The number of hydrogen-bond acceptors (Lipinski definition) is 3. The maximum Gasteiger partial charge on any atom is 0.261 e. The van der Waals surface area contributed by atoms with E-state index in [9.17, 15) is 9.59 Å². The maximum absolute atomic E-state index is 13.1. The van der Waals surface area contributed by atoms with Gasteiger partial charge in [-0.3, -0.25) is 9.59 Å². The second-order valence-electron chi connectivity index (χ2n) is 7.57. The molecular weight excluding hydrogens is 459 g/mol. The highest BCUT2D eigenvalue weighted by Crippen LogP contribution is 2.24. The number of nitrogens with one attached hydrogen (secondary N) is 1. The van der Waals surface area contributed by atoms with E-state index in [2.05, 4.69) is 5.32 Å². The van der Waals surface area contributed by atoms with Gasteiger partial charge in [-0.2, -0.15) is 0 Å². The van der Waals surface area contributed by atoms with Gasteiger partial charge in [0.05, 0.1) is 0 Å². The van der Waals surface area contributed by atoms with Crippen molar-refractivity contribution in [3.63, 3.8) is 0 Å². The van der Waals surface area contributed by atoms with Gasteiger partial charge in [-0.15, -0.1) is 0 Å². The zero-order valence-corrected chi connectivity index (χ0v) is 20.1. The van der Waals surface area contributed by atoms with Gasteiger partial charge in [-0.05, 0) is 48.2 Å². The summed E-state index contributed by atoms with van der Waals surface area (Å²) in [5.41, 5.74) is 0.692. The normalized spacial score (nSPS) is 11.8. The maximum atomic E-state index is 13.1. The van der Waals surface area contributed by atoms with Gasteiger partial charge in [0.15, 0.2) is 6.61 Å². The van der Waals surface area contributed by atoms with E-state index < -0.39 is 6.04 Å². The lowest BCUT2D eigenvalue weighted by Crippen LogP contribution is -2.50. The lowest BCUT2D eigenvalue weighted by atomic mass is 10.1. The Morgan fingerprint density at radius 2 is 1.77 bits per heavy atom. The van der Waals surface area contributed by atoms with Crippen LogP contribution in [0, 0.1) is 5.92 Å². The summed E-state index contributed by atoms with van der Waals surface area (Å²) in [6.45, 7) is 6.33. The third-order valence-corrected chi connectivity index (χ3v) is 5.41. The third kappa shape index (κ3) is 7.91. The summed E-state index contributed by atoms with van der Waals surface area (Å²) >= 11 is 18.3. The van der Waals surface area contributed by atoms with Gasteiger partial charge in [0.25, 0.3) is 5.91 Å². The fourth-order valence-corrected chi connectivity index (χ4v) is 3.61. The fourth-order valence-electron chi connectivity index (χ4n) is 2.96. The van der Waals surface area contributed by atoms with Crippen LogP contribution in [0.3, 0.4) is 0 Å². The van der Waals surface area contributed by atoms with Crippen LogP contribution < -0.4 is 10.1 Å². The van der Waals surface area contributed by atoms with Crippen molar-refractivity contribution < 1.29 is 14.3 Å². The molecule has 0 aliphatic carbocycles. The first-order valence-corrected chi connectivity index (χ1v) is 11.2. The standard InChI is InChI=1S/C23H27Cl3N2O3/c1-4-21(23(30)27-12-15(2)3)28(13-16-8-9-18(25)11-20(16)26)22(29)14-31-19-7-5-6-17(24)10-19/h5-11,15,21H,4,12-14H2,1-3H3,(H,27,30)/t21-/m1/s1. The van der Waals surface area contributed by atoms with Gasteiger partial charge in [-0.1, -0.05) is 67.7 Å². The monoisotopic (exact) mass is 484 g/mol. The number of hydrogen-bond donors (Lipinski definition) is 1. The second kappa shape index (κ2) is 12.2. The van der Waals surface area contributed by atoms with Crippen LogP contribution in [-0.2, 0) is 16.1 Å². The van der Waals surface area contributed by atoms with Crippen LogP contribution in [0.25, 0.3) is 0 Å². The first-order valence-electron chi connectivity index (χ1n) is 10.1. The molecule has 2 amide bonds. The van der Waals surface area contributed by atoms with Crippen molar-refractivity contribution in [3.8, 4) is 5.75 Å². The number of carbonyl (C=O) groups is 2. The van der Waals surface area contributed by atoms with Crippen LogP contribution in [0.15, 0.2) is 42.5 Å². The molecule has 0 saturated carbocycles. The minimum Gasteiger partial charge on any atom is -0.484 e. The molecule has 0 unspecified atom stereocenters. The molecule has 0 bridgehead atoms. The summed E-state index contributed by atoms with van der Waals surface area (Å²) in [5, 5.41) is 4.35. The molecule has 2 aromatic carbocycles. The molecule has 168 valence electrons. The number of nitrogens with zero attached hydrogens (tertiary/aromatic N) is 1. The number of halogens is 3. The van der Waals surface area contributed by atoms with Crippen molar-refractivity contribution in [2.45, 2.75) is 39.8 Å². The molecule has 0 spiro atoms. The average molecular weight is 486 g/mol. The first-order chi connectivity index (χ1) is 14.7. The molecule has 1 atom stereocenters. The SMILES string of the molecule is CC[C@H](C(=O)NCC(C)C)N(Cc1ccc(Cl)cc1Cl)C(=O)COc1cccc(Cl)c1. The van der Waals surface area contributed by atoms with Gasteiger partial charge in [0, 0.05) is 28.2 Å². The van der Waals surface area contributed by atoms with Crippen molar-refractivity contribution >= 4 is 46.6 Å². The Bertz CT molecular complexity index is 905. The molecule has 0 fully saturated rings. The van der Waals surface area contributed by atoms with Gasteiger partial charge in [0.2, 0.25) is 5.91 Å². The smallest absolute Gasteiger partial charge is 0.261 e. The number of rotatable bonds is 10. The van der Waals surface area contributed by atoms with Crippen LogP contribution >= 0.6 is 34.8 Å². The summed E-state index contributed by atoms with van der Waals surface area (Å²) < 4.78 is 5.63. The van der Waals surface area contributed by atoms with Crippen LogP contribution in [0.5, 0.6) is 5.75 Å². The predicted molar refractivity (Wildman–Crippen MR) is 126 cm³/mol. The van der Waals surface area contributed by atoms with Gasteiger partial charge < -0.3 is 15.0 Å². The fraction of sp³-hybridized carbons (Fsp3) is 0.391. The Balaban J connectivity index is 2.24. The topological polar surface area (TPSA) is 58.6 Å². The molecule has 0 saturated heterocycles. The van der Waals surface area contributed by atoms with Gasteiger partial charge in [-0.25, -0.2) is 0 Å². The predicted octanol–water partition coefficient (Wildman–Crippen LogP) is 5.61. The Morgan fingerprint density at radius 1 is 1.06 bits per heavy atom. The third-order valence-electron chi connectivity index (χ3n) is 4.58. The summed E-state index contributed by atoms with van der Waals surface area (Å²) in [7, 11) is 0. The van der Waals surface area contributed by atoms with Gasteiger partial charge >= 0.3 is 0 Å². The van der Waals surface area contributed by atoms with Crippen molar-refractivity contribution in [1.82, 2.24) is 10.2 Å². The minimum atomic E-state index is -0.666. The van der Waals surface area contributed by atoms with Crippen LogP contribution in [0.1, 0.15) is 32.8 Å². The molecule has 2 rings (SSSR count). The molecule has 0 aliphatic rings. The highest BCUT2D eigenvalue weighted by atomic mass is 35.5. The number of ether oxygens (including phenoxy) is 1. The second-order valence-corrected chi connectivity index (χ2v) is 8.85. The number of carbonyl (C=O) groups excluding carboxylic acids is 2. The molecule has 0 aliphatic heterocycles. The van der Waals surface area contributed by atoms with Crippen LogP contribution in [-0.4, -0.2) is 35.9 Å². The number of benzene rings is 2. The summed E-state index contributed by atoms with van der Waals surface area (Å²) in [6.07, 6.45) is 0.443. The summed E-state index contributed by atoms with van der Waals surface area (Å²) in [4.78, 5) is 27.5. The van der Waals surface area contributed by atoms with E-state index in [0.29, 0.717) is 45.3 Å². The lowest BCUT2D eigenvalue weighted by Gasteiger charge is -2.31. The van der Waals surface area contributed by atoms with Crippen LogP contribution in [0.2, 0.25) is 15.1 Å². The molecule has 0 aromatic heterocycles. The average Bonchev–Trinajstić information content (AvgIpc) is 2.72. The minimum absolute atomic E-state index is 0.154. The lowest BCUT2D eigenvalue weighted by molar-refractivity contribution is -0.143. The van der Waals surface area contributed by atoms with E-state index in [0.717, 1.165) is 0 Å². The van der Waals surface area contributed by atoms with E-state index in [4.69, 9.17) is 39.5 Å². The van der Waals surface area contributed by atoms with Crippen molar-refractivity contribution in [3.05, 3.63) is 63.1 Å². The van der Waals surface area contributed by atoms with Crippen molar-refractivity contribution in [2.75, 3.05) is 13.2 Å². The van der Waals surface area contributed by atoms with E-state index >= 15 is 0 Å². The Morgan fingerprint density at radius 3 is 2.39 bits per heavy atom. The van der Waals surface area contributed by atoms with Gasteiger partial charge in [0.1, 0.15) is 11.8 Å². The Labute approximate surface area is 198 Å². The van der Waals surface area contributed by atoms with E-state index in [1.165, 1.54) is 4.90 Å². The van der Waals surface area contributed by atoms with E-state index in [-0.39, 0.29) is 25.0 Å². The van der Waals surface area contributed by atoms with Crippen molar-refractivity contribution in [1.29, 1.82) is 0 Å². The molecule has 8 heteroatoms. The van der Waals surface area contributed by atoms with E-state index in [1.807, 2.05) is 20.8 Å². The molecule has 5 nitrogen and oxygen atoms in total. The summed E-state index contributed by atoms with van der Waals surface area (Å²) in [5.74, 6) is 0.222. The first kappa shape index (κ1) is 25.3. The molecular formula is C23H27Cl3N2O3. The summed E-state index contributed by atoms with van der Waals surface area (Å²) in [6, 6.07) is 11.2. The zero-order chi connectivity index (χ0) is 23.0. The van der Waals surface area contributed by atoms with E-state index in [1.54, 1.807) is 42.5 Å². The molecule has 31 heavy (non-hydrogen) atoms.